The van der Waals surface area contributed by atoms with Crippen molar-refractivity contribution >= 4 is 24.3 Å². The number of carbonyl (C=O) groups excluding carboxylic acids is 4. The zero-order valence-electron chi connectivity index (χ0n) is 31.7. The molecule has 4 unspecified atom stereocenters. The van der Waals surface area contributed by atoms with Crippen LogP contribution in [0.2, 0.25) is 0 Å². The Kier molecular flexibility index (Phi) is 59.7. The van der Waals surface area contributed by atoms with E-state index in [9.17, 15) is 19.2 Å². The molecule has 12 heteroatoms. The molecule has 11 nitrogen and oxygen atoms in total. The second kappa shape index (κ2) is 51.8. The summed E-state index contributed by atoms with van der Waals surface area (Å²) in [6, 6.07) is 0. The van der Waals surface area contributed by atoms with Gasteiger partial charge in [-0.25, -0.2) is 39.1 Å². The van der Waals surface area contributed by atoms with E-state index in [-0.39, 0.29) is 0 Å². The van der Waals surface area contributed by atoms with E-state index in [0.717, 1.165) is 25.7 Å². The van der Waals surface area contributed by atoms with Gasteiger partial charge in [-0.3, -0.25) is 0 Å². The van der Waals surface area contributed by atoms with Gasteiger partial charge in [-0.1, -0.05) is 132 Å². The summed E-state index contributed by atoms with van der Waals surface area (Å²) < 4.78 is 23.2. The fourth-order valence-electron chi connectivity index (χ4n) is 4.33. The summed E-state index contributed by atoms with van der Waals surface area (Å²) in [4.78, 5) is 53.6. The summed E-state index contributed by atoms with van der Waals surface area (Å²) in [7, 11) is 0. The first kappa shape index (κ1) is 55.4. The van der Waals surface area contributed by atoms with Crippen LogP contribution in [0, 0.1) is 23.7 Å². The van der Waals surface area contributed by atoms with Crippen molar-refractivity contribution in [2.24, 2.45) is 43.6 Å². The third-order valence-corrected chi connectivity index (χ3v) is 7.83. The van der Waals surface area contributed by atoms with E-state index in [4.69, 9.17) is 10.7 Å². The van der Waals surface area contributed by atoms with Crippen LogP contribution in [-0.4, -0.2) is 57.9 Å². The van der Waals surface area contributed by atoms with Crippen LogP contribution in [0.1, 0.15) is 158 Å². The molecule has 0 aromatic rings. The molecular formula is C36H70N4O7Ti. The summed E-state index contributed by atoms with van der Waals surface area (Å²) in [5, 5.41) is 0. The van der Waals surface area contributed by atoms with E-state index in [1.807, 2.05) is 0 Å². The maximum absolute atomic E-state index is 9.81. The molecule has 4 atom stereocenters. The van der Waals surface area contributed by atoms with Gasteiger partial charge in [-0.05, 0) is 49.4 Å². The quantitative estimate of drug-likeness (QED) is 0.0569. The Morgan fingerprint density at radius 3 is 0.708 bits per heavy atom. The first-order chi connectivity index (χ1) is 23.1. The molecule has 0 saturated heterocycles. The first-order valence-electron chi connectivity index (χ1n) is 18.2. The summed E-state index contributed by atoms with van der Waals surface area (Å²) in [6.07, 6.45) is 25.4. The van der Waals surface area contributed by atoms with Gasteiger partial charge in [-0.15, -0.1) is 0 Å². The average molecular weight is 719 g/mol. The van der Waals surface area contributed by atoms with E-state index in [1.165, 1.54) is 77.0 Å². The molecule has 0 heterocycles. The van der Waals surface area contributed by atoms with Crippen molar-refractivity contribution in [1.29, 1.82) is 0 Å². The number of rotatable bonds is 24. The monoisotopic (exact) mass is 718 g/mol. The molecule has 0 aliphatic carbocycles. The van der Waals surface area contributed by atoms with E-state index >= 15 is 0 Å². The fraction of sp³-hybridized carbons (Fsp3) is 0.889. The van der Waals surface area contributed by atoms with Crippen LogP contribution in [-0.2, 0) is 41.1 Å². The van der Waals surface area contributed by atoms with Gasteiger partial charge in [0.1, 0.15) is 0 Å². The number of aliphatic imine (C=N–C) groups is 4. The first-order valence-corrected chi connectivity index (χ1v) is 20.2. The summed E-state index contributed by atoms with van der Waals surface area (Å²) in [6.45, 7) is 19.9. The zero-order chi connectivity index (χ0) is 37.7. The Balaban J connectivity index is -0.000000165. The molecule has 280 valence electrons. The molecule has 0 aliphatic rings. The number of hydrogen-bond acceptors (Lipinski definition) is 9. The predicted octanol–water partition coefficient (Wildman–Crippen LogP) is 8.92. The molecule has 0 saturated carbocycles. The molecule has 0 amide bonds. The van der Waals surface area contributed by atoms with Crippen LogP contribution in [0.3, 0.4) is 0 Å². The topological polar surface area (TPSA) is 175 Å². The third-order valence-electron chi connectivity index (χ3n) is 7.83. The second-order valence-electron chi connectivity index (χ2n) is 11.7. The van der Waals surface area contributed by atoms with E-state index < -0.39 is 18.6 Å². The van der Waals surface area contributed by atoms with E-state index in [1.54, 1.807) is 24.3 Å². The molecular weight excluding hydrogens is 648 g/mol. The van der Waals surface area contributed by atoms with Crippen LogP contribution in [0.25, 0.3) is 0 Å². The minimum absolute atomic E-state index is 0.594. The van der Waals surface area contributed by atoms with Crippen molar-refractivity contribution in [3.8, 4) is 0 Å². The van der Waals surface area contributed by atoms with Gasteiger partial charge >= 0.3 is 29.3 Å². The van der Waals surface area contributed by atoms with Gasteiger partial charge in [0, 0.05) is 0 Å². The number of hydrogen-bond donors (Lipinski definition) is 2. The normalized spacial score (nSPS) is 11.7. The molecule has 0 spiro atoms. The van der Waals surface area contributed by atoms with Crippen molar-refractivity contribution in [1.82, 2.24) is 0 Å². The maximum atomic E-state index is 9.81. The Morgan fingerprint density at radius 1 is 0.438 bits per heavy atom. The van der Waals surface area contributed by atoms with Crippen LogP contribution >= 0.6 is 0 Å². The fourth-order valence-corrected chi connectivity index (χ4v) is 4.33. The van der Waals surface area contributed by atoms with Gasteiger partial charge in [0.05, 0.1) is 26.2 Å². The molecule has 0 aliphatic heterocycles. The molecule has 0 bridgehead atoms. The molecule has 48 heavy (non-hydrogen) atoms. The van der Waals surface area contributed by atoms with Crippen LogP contribution in [0.4, 0.5) is 0 Å². The van der Waals surface area contributed by atoms with Crippen molar-refractivity contribution in [3.63, 3.8) is 0 Å². The SMILES string of the molecule is CCCCC(CC)CN=C=O.CCCCC(CC)CN=C=O.CCCCC(CC)CN=C=O.CCCCC(CC)CN=C=O.[O]=[Ti]([OH])[OH]. The second-order valence-corrected chi connectivity index (χ2v) is 12.6. The Hall–Kier alpha value is -2.05. The standard InChI is InChI=1S/4C9H17NO.2H2O.O.Ti/c4*1-3-5-6-9(4-2)7-10-8-11;;;;/h4*9H,3-7H2,1-2H3;2*1H2;;/q;;;;;;;+2/p-2. The minimum atomic E-state index is -3.58. The van der Waals surface area contributed by atoms with Gasteiger partial charge in [-0.2, -0.15) is 0 Å². The molecule has 0 aromatic heterocycles. The predicted molar refractivity (Wildman–Crippen MR) is 190 cm³/mol. The van der Waals surface area contributed by atoms with E-state index in [0.29, 0.717) is 49.9 Å². The Labute approximate surface area is 299 Å². The van der Waals surface area contributed by atoms with Crippen LogP contribution in [0.15, 0.2) is 20.0 Å². The molecule has 0 rings (SSSR count). The van der Waals surface area contributed by atoms with Crippen molar-refractivity contribution in [2.45, 2.75) is 158 Å². The Morgan fingerprint density at radius 2 is 0.604 bits per heavy atom. The molecule has 0 aromatic carbocycles. The average Bonchev–Trinajstić information content (AvgIpc) is 3.09. The Bertz CT molecular complexity index is 736. The number of isocyanates is 4. The third kappa shape index (κ3) is 56.3. The van der Waals surface area contributed by atoms with Gasteiger partial charge < -0.3 is 0 Å². The van der Waals surface area contributed by atoms with Crippen molar-refractivity contribution in [2.75, 3.05) is 26.2 Å². The molecule has 0 radical (unpaired) electrons. The van der Waals surface area contributed by atoms with Crippen LogP contribution < -0.4 is 0 Å². The van der Waals surface area contributed by atoms with E-state index in [2.05, 4.69) is 75.4 Å². The van der Waals surface area contributed by atoms with Crippen molar-refractivity contribution < 1.29 is 48.5 Å². The summed E-state index contributed by atoms with van der Waals surface area (Å²) >= 11 is -3.58. The summed E-state index contributed by atoms with van der Waals surface area (Å²) in [5.74, 6) is 2.38. The summed E-state index contributed by atoms with van der Waals surface area (Å²) in [5.41, 5.74) is 0. The number of nitrogens with zero attached hydrogens (tertiary/aromatic N) is 4. The molecule has 0 fully saturated rings. The van der Waals surface area contributed by atoms with Gasteiger partial charge in [0.15, 0.2) is 0 Å². The number of unbranched alkanes of at least 4 members (excludes halogenated alkanes) is 4. The van der Waals surface area contributed by atoms with Crippen molar-refractivity contribution in [3.05, 3.63) is 0 Å². The van der Waals surface area contributed by atoms with Crippen LogP contribution in [0.5, 0.6) is 0 Å². The van der Waals surface area contributed by atoms with Gasteiger partial charge in [0.2, 0.25) is 24.3 Å². The molecule has 2 N–H and O–H groups in total. The zero-order valence-corrected chi connectivity index (χ0v) is 33.2. The van der Waals surface area contributed by atoms with Gasteiger partial charge in [0.25, 0.3) is 0 Å².